The van der Waals surface area contributed by atoms with Gasteiger partial charge in [0.1, 0.15) is 5.75 Å². The van der Waals surface area contributed by atoms with Crippen molar-refractivity contribution >= 4 is 34.2 Å². The number of hydrogen-bond acceptors (Lipinski definition) is 4. The molecule has 4 rings (SSSR count). The van der Waals surface area contributed by atoms with Gasteiger partial charge in [0.25, 0.3) is 11.8 Å². The second-order valence-electron chi connectivity index (χ2n) is 7.05. The molecule has 0 spiro atoms. The molecule has 3 aromatic carbocycles. The van der Waals surface area contributed by atoms with Gasteiger partial charge in [-0.25, -0.2) is 0 Å². The number of nitrogens with one attached hydrogen (secondary N) is 1. The molecule has 152 valence electrons. The maximum Gasteiger partial charge on any atom is 0.261 e. The van der Waals surface area contributed by atoms with Crippen LogP contribution in [0.4, 0.5) is 5.69 Å². The van der Waals surface area contributed by atoms with Crippen LogP contribution in [0.15, 0.2) is 60.7 Å². The van der Waals surface area contributed by atoms with Crippen LogP contribution >= 0.6 is 0 Å². The van der Waals surface area contributed by atoms with E-state index in [2.05, 4.69) is 5.32 Å². The second kappa shape index (κ2) is 8.37. The Bertz CT molecular complexity index is 1090. The van der Waals surface area contributed by atoms with Gasteiger partial charge in [0.15, 0.2) is 0 Å². The van der Waals surface area contributed by atoms with Crippen LogP contribution in [0.5, 0.6) is 5.75 Å². The van der Waals surface area contributed by atoms with Gasteiger partial charge in [-0.2, -0.15) is 0 Å². The van der Waals surface area contributed by atoms with Crippen molar-refractivity contribution in [3.63, 3.8) is 0 Å². The van der Waals surface area contributed by atoms with E-state index in [1.54, 1.807) is 24.3 Å². The standard InChI is InChI=1S/C24H22N2O4/c1-2-30-20-13-4-3-12-19(20)25-21(27)14-7-15-26-23(28)17-10-5-8-16-9-6-11-18(22(16)17)24(26)29/h3-6,8-13H,2,7,14-15H2,1H3,(H,25,27). The molecule has 0 bridgehead atoms. The summed E-state index contributed by atoms with van der Waals surface area (Å²) >= 11 is 0. The lowest BCUT2D eigenvalue weighted by Gasteiger charge is -2.27. The Kier molecular flexibility index (Phi) is 5.48. The van der Waals surface area contributed by atoms with Crippen molar-refractivity contribution in [2.45, 2.75) is 19.8 Å². The SMILES string of the molecule is CCOc1ccccc1NC(=O)CCCN1C(=O)c2cccc3cccc(c23)C1=O. The van der Waals surface area contributed by atoms with Gasteiger partial charge in [0.05, 0.1) is 12.3 Å². The number of anilines is 1. The number of rotatable bonds is 7. The third kappa shape index (κ3) is 3.64. The van der Waals surface area contributed by atoms with Gasteiger partial charge in [0.2, 0.25) is 5.91 Å². The normalized spacial score (nSPS) is 12.9. The van der Waals surface area contributed by atoms with E-state index in [1.165, 1.54) is 4.90 Å². The fraction of sp³-hybridized carbons (Fsp3) is 0.208. The highest BCUT2D eigenvalue weighted by Crippen LogP contribution is 2.30. The molecule has 1 aliphatic heterocycles. The van der Waals surface area contributed by atoms with E-state index in [4.69, 9.17) is 4.74 Å². The Morgan fingerprint density at radius 3 is 2.27 bits per heavy atom. The van der Waals surface area contributed by atoms with Crippen LogP contribution in [0.1, 0.15) is 40.5 Å². The third-order valence-electron chi connectivity index (χ3n) is 5.10. The van der Waals surface area contributed by atoms with Gasteiger partial charge >= 0.3 is 0 Å². The fourth-order valence-corrected chi connectivity index (χ4v) is 3.75. The number of carbonyl (C=O) groups excluding carboxylic acids is 3. The number of amides is 3. The van der Waals surface area contributed by atoms with Gasteiger partial charge < -0.3 is 10.1 Å². The Labute approximate surface area is 174 Å². The van der Waals surface area contributed by atoms with Crippen molar-refractivity contribution < 1.29 is 19.1 Å². The maximum atomic E-state index is 12.9. The topological polar surface area (TPSA) is 75.7 Å². The van der Waals surface area contributed by atoms with E-state index in [0.717, 1.165) is 5.39 Å². The highest BCUT2D eigenvalue weighted by molar-refractivity contribution is 6.25. The molecule has 1 N–H and O–H groups in total. The van der Waals surface area contributed by atoms with E-state index in [0.29, 0.717) is 41.0 Å². The molecular weight excluding hydrogens is 380 g/mol. The van der Waals surface area contributed by atoms with Crippen molar-refractivity contribution in [3.05, 3.63) is 71.8 Å². The van der Waals surface area contributed by atoms with E-state index < -0.39 is 0 Å². The zero-order chi connectivity index (χ0) is 21.1. The molecule has 6 nitrogen and oxygen atoms in total. The first-order valence-electron chi connectivity index (χ1n) is 9.99. The van der Waals surface area contributed by atoms with Crippen LogP contribution in [-0.4, -0.2) is 35.8 Å². The van der Waals surface area contributed by atoms with Crippen LogP contribution in [0, 0.1) is 0 Å². The van der Waals surface area contributed by atoms with Gasteiger partial charge in [-0.1, -0.05) is 36.4 Å². The third-order valence-corrected chi connectivity index (χ3v) is 5.10. The van der Waals surface area contributed by atoms with E-state index in [1.807, 2.05) is 43.3 Å². The monoisotopic (exact) mass is 402 g/mol. The van der Waals surface area contributed by atoms with E-state index in [-0.39, 0.29) is 30.7 Å². The summed E-state index contributed by atoms with van der Waals surface area (Å²) in [4.78, 5) is 39.4. The molecule has 0 fully saturated rings. The number of carbonyl (C=O) groups is 3. The zero-order valence-electron chi connectivity index (χ0n) is 16.7. The molecule has 0 aliphatic carbocycles. The minimum Gasteiger partial charge on any atom is -0.492 e. The summed E-state index contributed by atoms with van der Waals surface area (Å²) in [6.07, 6.45) is 0.557. The maximum absolute atomic E-state index is 12.9. The molecule has 30 heavy (non-hydrogen) atoms. The molecular formula is C24H22N2O4. The summed E-state index contributed by atoms with van der Waals surface area (Å²) in [6.45, 7) is 2.56. The molecule has 0 saturated heterocycles. The van der Waals surface area contributed by atoms with Crippen molar-refractivity contribution in [2.24, 2.45) is 0 Å². The number of para-hydroxylation sites is 2. The number of hydrogen-bond donors (Lipinski definition) is 1. The molecule has 3 aromatic rings. The molecule has 3 amide bonds. The Morgan fingerprint density at radius 1 is 0.933 bits per heavy atom. The summed E-state index contributed by atoms with van der Waals surface area (Å²) in [5.74, 6) is -0.209. The Hall–Kier alpha value is -3.67. The summed E-state index contributed by atoms with van der Waals surface area (Å²) in [7, 11) is 0. The van der Waals surface area contributed by atoms with Crippen molar-refractivity contribution in [2.75, 3.05) is 18.5 Å². The van der Waals surface area contributed by atoms with E-state index >= 15 is 0 Å². The Balaban J connectivity index is 1.42. The molecule has 0 aromatic heterocycles. The highest BCUT2D eigenvalue weighted by Gasteiger charge is 2.32. The van der Waals surface area contributed by atoms with Crippen LogP contribution in [-0.2, 0) is 4.79 Å². The van der Waals surface area contributed by atoms with Crippen molar-refractivity contribution in [3.8, 4) is 5.75 Å². The molecule has 0 saturated carbocycles. The first-order valence-corrected chi connectivity index (χ1v) is 9.99. The minimum atomic E-state index is -0.314. The molecule has 1 heterocycles. The van der Waals surface area contributed by atoms with Crippen molar-refractivity contribution in [1.29, 1.82) is 0 Å². The summed E-state index contributed by atoms with van der Waals surface area (Å²) in [6, 6.07) is 18.1. The van der Waals surface area contributed by atoms with Crippen LogP contribution in [0.25, 0.3) is 10.8 Å². The molecule has 6 heteroatoms. The lowest BCUT2D eigenvalue weighted by Crippen LogP contribution is -2.41. The molecule has 0 unspecified atom stereocenters. The number of nitrogens with zero attached hydrogens (tertiary/aromatic N) is 1. The average Bonchev–Trinajstić information content (AvgIpc) is 2.76. The minimum absolute atomic E-state index is 0.183. The Morgan fingerprint density at radius 2 is 1.60 bits per heavy atom. The first kappa shape index (κ1) is 19.6. The van der Waals surface area contributed by atoms with Gasteiger partial charge in [0, 0.05) is 29.5 Å². The van der Waals surface area contributed by atoms with Gasteiger partial charge in [-0.3, -0.25) is 19.3 Å². The smallest absolute Gasteiger partial charge is 0.261 e. The number of benzene rings is 3. The van der Waals surface area contributed by atoms with Crippen molar-refractivity contribution in [1.82, 2.24) is 4.90 Å². The average molecular weight is 402 g/mol. The predicted octanol–water partition coefficient (Wildman–Crippen LogP) is 4.25. The summed E-state index contributed by atoms with van der Waals surface area (Å²) < 4.78 is 5.51. The van der Waals surface area contributed by atoms with Crippen LogP contribution in [0.3, 0.4) is 0 Å². The number of imide groups is 1. The fourth-order valence-electron chi connectivity index (χ4n) is 3.75. The lowest BCUT2D eigenvalue weighted by molar-refractivity contribution is -0.116. The van der Waals surface area contributed by atoms with Crippen LogP contribution in [0.2, 0.25) is 0 Å². The summed E-state index contributed by atoms with van der Waals surface area (Å²) in [5.41, 5.74) is 1.66. The zero-order valence-corrected chi connectivity index (χ0v) is 16.7. The molecule has 1 aliphatic rings. The van der Waals surface area contributed by atoms with Gasteiger partial charge in [-0.05, 0) is 43.0 Å². The number of ether oxygens (including phenoxy) is 1. The molecule has 0 radical (unpaired) electrons. The van der Waals surface area contributed by atoms with Crippen LogP contribution < -0.4 is 10.1 Å². The molecule has 0 atom stereocenters. The summed E-state index contributed by atoms with van der Waals surface area (Å²) in [5, 5.41) is 4.41. The first-order chi connectivity index (χ1) is 14.6. The quantitative estimate of drug-likeness (QED) is 0.600. The lowest BCUT2D eigenvalue weighted by atomic mass is 9.94. The largest absolute Gasteiger partial charge is 0.492 e. The second-order valence-corrected chi connectivity index (χ2v) is 7.05. The highest BCUT2D eigenvalue weighted by atomic mass is 16.5. The predicted molar refractivity (Wildman–Crippen MR) is 115 cm³/mol. The van der Waals surface area contributed by atoms with Gasteiger partial charge in [-0.15, -0.1) is 0 Å². The van der Waals surface area contributed by atoms with E-state index in [9.17, 15) is 14.4 Å².